The van der Waals surface area contributed by atoms with Crippen molar-refractivity contribution in [1.82, 2.24) is 15.1 Å². The fourth-order valence-electron chi connectivity index (χ4n) is 6.24. The van der Waals surface area contributed by atoms with E-state index in [1.807, 2.05) is 0 Å². The maximum absolute atomic E-state index is 13.6. The highest BCUT2D eigenvalue weighted by atomic mass is 19.1. The number of nitrogens with zero attached hydrogens (tertiary/aromatic N) is 3. The molecule has 222 valence electrons. The molecule has 2 aliphatic rings. The fourth-order valence-corrected chi connectivity index (χ4v) is 6.24. The van der Waals surface area contributed by atoms with Crippen molar-refractivity contribution < 1.29 is 18.9 Å². The number of likely N-dealkylation sites (tertiary alicyclic amines) is 1. The topological polar surface area (TPSA) is 122 Å². The molecule has 1 aliphatic carbocycles. The summed E-state index contributed by atoms with van der Waals surface area (Å²) in [5.41, 5.74) is 7.20. The minimum atomic E-state index is -0.655. The average molecular weight is 568 g/mol. The Morgan fingerprint density at radius 3 is 2.41 bits per heavy atom. The molecular formula is C31H42FN5O4. The second-order valence-corrected chi connectivity index (χ2v) is 12.0. The highest BCUT2D eigenvalue weighted by Crippen LogP contribution is 2.30. The van der Waals surface area contributed by atoms with Gasteiger partial charge in [0.2, 0.25) is 5.91 Å². The summed E-state index contributed by atoms with van der Waals surface area (Å²) >= 11 is 0. The smallest absolute Gasteiger partial charge is 0.269 e. The van der Waals surface area contributed by atoms with Crippen LogP contribution in [0, 0.1) is 33.7 Å². The molecule has 10 heteroatoms. The van der Waals surface area contributed by atoms with Crippen LogP contribution in [0.2, 0.25) is 0 Å². The highest BCUT2D eigenvalue weighted by molar-refractivity contribution is 5.98. The average Bonchev–Trinajstić information content (AvgIpc) is 3.41. The van der Waals surface area contributed by atoms with Crippen molar-refractivity contribution in [3.63, 3.8) is 0 Å². The zero-order valence-electron chi connectivity index (χ0n) is 24.0. The Hall–Kier alpha value is -3.37. The van der Waals surface area contributed by atoms with Crippen molar-refractivity contribution in [2.75, 3.05) is 26.2 Å². The molecule has 9 nitrogen and oxygen atoms in total. The van der Waals surface area contributed by atoms with E-state index in [4.69, 9.17) is 5.73 Å². The Labute approximate surface area is 241 Å². The summed E-state index contributed by atoms with van der Waals surface area (Å²) in [7, 11) is 0. The van der Waals surface area contributed by atoms with Gasteiger partial charge in [-0.15, -0.1) is 0 Å². The van der Waals surface area contributed by atoms with Crippen LogP contribution in [0.1, 0.15) is 61.9 Å². The normalized spacial score (nSPS) is 22.7. The molecule has 2 aromatic carbocycles. The summed E-state index contributed by atoms with van der Waals surface area (Å²) in [6.07, 6.45) is 4.76. The van der Waals surface area contributed by atoms with Gasteiger partial charge in [0.15, 0.2) is 0 Å². The van der Waals surface area contributed by atoms with Crippen molar-refractivity contribution in [3.8, 4) is 0 Å². The molecule has 0 spiro atoms. The van der Waals surface area contributed by atoms with Crippen molar-refractivity contribution >= 4 is 17.5 Å². The van der Waals surface area contributed by atoms with Gasteiger partial charge in [-0.25, -0.2) is 4.39 Å². The lowest BCUT2D eigenvalue weighted by Gasteiger charge is -2.30. The third-order valence-corrected chi connectivity index (χ3v) is 8.37. The van der Waals surface area contributed by atoms with E-state index in [1.54, 1.807) is 17.0 Å². The van der Waals surface area contributed by atoms with Crippen molar-refractivity contribution in [3.05, 3.63) is 75.6 Å². The summed E-state index contributed by atoms with van der Waals surface area (Å²) in [6, 6.07) is 11.2. The summed E-state index contributed by atoms with van der Waals surface area (Å²) in [5, 5.41) is 14.2. The predicted molar refractivity (Wildman–Crippen MR) is 155 cm³/mol. The van der Waals surface area contributed by atoms with Gasteiger partial charge < -0.3 is 16.0 Å². The van der Waals surface area contributed by atoms with Crippen LogP contribution in [-0.2, 0) is 11.3 Å². The van der Waals surface area contributed by atoms with Crippen LogP contribution in [-0.4, -0.2) is 64.8 Å². The van der Waals surface area contributed by atoms with Gasteiger partial charge in [0.1, 0.15) is 11.9 Å². The molecule has 0 bridgehead atoms. The molecule has 2 fully saturated rings. The Morgan fingerprint density at radius 2 is 1.78 bits per heavy atom. The second-order valence-electron chi connectivity index (χ2n) is 12.0. The van der Waals surface area contributed by atoms with Crippen LogP contribution in [0.15, 0.2) is 48.5 Å². The van der Waals surface area contributed by atoms with Crippen LogP contribution in [0.3, 0.4) is 0 Å². The quantitative estimate of drug-likeness (QED) is 0.307. The molecule has 1 saturated heterocycles. The molecule has 2 aromatic rings. The van der Waals surface area contributed by atoms with Crippen molar-refractivity contribution in [2.45, 2.75) is 64.6 Å². The number of carbonyl (C=O) groups is 2. The third kappa shape index (κ3) is 8.10. The van der Waals surface area contributed by atoms with Gasteiger partial charge in [-0.2, -0.15) is 0 Å². The summed E-state index contributed by atoms with van der Waals surface area (Å²) in [5.74, 6) is 0.293. The van der Waals surface area contributed by atoms with E-state index in [0.717, 1.165) is 37.8 Å². The Kier molecular flexibility index (Phi) is 10.4. The molecule has 1 aliphatic heterocycles. The van der Waals surface area contributed by atoms with Gasteiger partial charge in [-0.3, -0.25) is 24.6 Å². The standard InChI is InChI=1S/C31H42FN5O4/c1-21(2)18-35(19-22-6-12-27(13-7-22)37(40)41)28-15-29(30(38)34-17-24-5-3-4-23(14-24)16-33)36(20-28)31(39)25-8-10-26(32)11-9-25/h6-13,21,23-24,28-29H,3-5,14-20,33H2,1-2H3,(H,34,38). The molecule has 0 aromatic heterocycles. The lowest BCUT2D eigenvalue weighted by Crippen LogP contribution is -2.47. The van der Waals surface area contributed by atoms with Gasteiger partial charge in [0, 0.05) is 49.9 Å². The monoisotopic (exact) mass is 567 g/mol. The van der Waals surface area contributed by atoms with Crippen LogP contribution >= 0.6 is 0 Å². The van der Waals surface area contributed by atoms with Gasteiger partial charge in [0.05, 0.1) is 4.92 Å². The number of halogens is 1. The number of hydrogen-bond donors (Lipinski definition) is 2. The second kappa shape index (κ2) is 14.0. The minimum absolute atomic E-state index is 0.0357. The van der Waals surface area contributed by atoms with E-state index in [9.17, 15) is 24.1 Å². The molecule has 2 amide bonds. The maximum atomic E-state index is 13.6. The summed E-state index contributed by atoms with van der Waals surface area (Å²) in [4.78, 5) is 41.8. The zero-order valence-corrected chi connectivity index (χ0v) is 24.0. The van der Waals surface area contributed by atoms with E-state index in [-0.39, 0.29) is 23.5 Å². The number of benzene rings is 2. The third-order valence-electron chi connectivity index (χ3n) is 8.37. The van der Waals surface area contributed by atoms with Gasteiger partial charge in [-0.1, -0.05) is 32.4 Å². The number of carbonyl (C=O) groups excluding carboxylic acids is 2. The number of non-ortho nitro benzene ring substituents is 1. The molecule has 1 saturated carbocycles. The largest absolute Gasteiger partial charge is 0.354 e. The molecule has 3 N–H and O–H groups in total. The van der Waals surface area contributed by atoms with Crippen LogP contribution in [0.5, 0.6) is 0 Å². The van der Waals surface area contributed by atoms with Gasteiger partial charge >= 0.3 is 0 Å². The highest BCUT2D eigenvalue weighted by Gasteiger charge is 2.42. The van der Waals surface area contributed by atoms with Gasteiger partial charge in [0.25, 0.3) is 11.6 Å². The number of nitro groups is 1. The lowest BCUT2D eigenvalue weighted by molar-refractivity contribution is -0.384. The Balaban J connectivity index is 1.53. The molecule has 1 heterocycles. The fraction of sp³-hybridized carbons (Fsp3) is 0.548. The summed E-state index contributed by atoms with van der Waals surface area (Å²) in [6.45, 7) is 7.08. The first kappa shape index (κ1) is 30.6. The van der Waals surface area contributed by atoms with E-state index in [0.29, 0.717) is 55.9 Å². The number of nitrogens with one attached hydrogen (secondary N) is 1. The van der Waals surface area contributed by atoms with Crippen molar-refractivity contribution in [1.29, 1.82) is 0 Å². The SMILES string of the molecule is CC(C)CN(Cc1ccc([N+](=O)[O-])cc1)C1CC(C(=O)NCC2CCCC(CN)C2)N(C(=O)c2ccc(F)cc2)C1. The van der Waals surface area contributed by atoms with E-state index in [2.05, 4.69) is 24.1 Å². The first-order valence-electron chi connectivity index (χ1n) is 14.7. The van der Waals surface area contributed by atoms with Gasteiger partial charge in [-0.05, 0) is 79.8 Å². The van der Waals surface area contributed by atoms with Crippen molar-refractivity contribution in [2.24, 2.45) is 23.5 Å². The zero-order chi connectivity index (χ0) is 29.5. The predicted octanol–water partition coefficient (Wildman–Crippen LogP) is 4.36. The van der Waals surface area contributed by atoms with E-state index >= 15 is 0 Å². The molecule has 4 atom stereocenters. The number of amides is 2. The Morgan fingerprint density at radius 1 is 1.10 bits per heavy atom. The molecule has 4 rings (SSSR count). The number of nitro benzene ring substituents is 1. The molecular weight excluding hydrogens is 525 g/mol. The maximum Gasteiger partial charge on any atom is 0.269 e. The Bertz CT molecular complexity index is 1190. The first-order chi connectivity index (χ1) is 19.6. The van der Waals surface area contributed by atoms with Crippen LogP contribution < -0.4 is 11.1 Å². The van der Waals surface area contributed by atoms with E-state index < -0.39 is 16.8 Å². The molecule has 0 radical (unpaired) electrons. The molecule has 41 heavy (non-hydrogen) atoms. The minimum Gasteiger partial charge on any atom is -0.354 e. The molecule has 4 unspecified atom stereocenters. The lowest BCUT2D eigenvalue weighted by atomic mass is 9.81. The number of hydrogen-bond acceptors (Lipinski definition) is 6. The van der Waals surface area contributed by atoms with Crippen LogP contribution in [0.25, 0.3) is 0 Å². The summed E-state index contributed by atoms with van der Waals surface area (Å²) < 4.78 is 13.6. The van der Waals surface area contributed by atoms with E-state index in [1.165, 1.54) is 36.4 Å². The first-order valence-corrected chi connectivity index (χ1v) is 14.7. The number of rotatable bonds is 11. The van der Waals surface area contributed by atoms with Crippen LogP contribution in [0.4, 0.5) is 10.1 Å². The number of nitrogens with two attached hydrogens (primary N) is 1.